The maximum atomic E-state index is 9.70. The van der Waals surface area contributed by atoms with Crippen LogP contribution in [0.1, 0.15) is 5.56 Å². The van der Waals surface area contributed by atoms with Crippen molar-refractivity contribution >= 4 is 6.08 Å². The van der Waals surface area contributed by atoms with E-state index < -0.39 is 0 Å². The van der Waals surface area contributed by atoms with Gasteiger partial charge in [-0.1, -0.05) is 12.1 Å². The molecule has 0 amide bonds. The summed E-state index contributed by atoms with van der Waals surface area (Å²) in [4.78, 5) is 13.1. The zero-order chi connectivity index (χ0) is 8.10. The average molecular weight is 149 g/mol. The van der Waals surface area contributed by atoms with Crippen molar-refractivity contribution < 1.29 is 9.90 Å². The van der Waals surface area contributed by atoms with Gasteiger partial charge in [-0.3, -0.25) is 0 Å². The molecule has 1 N–H and O–H groups in total. The third-order valence-corrected chi connectivity index (χ3v) is 1.26. The monoisotopic (exact) mass is 149 g/mol. The van der Waals surface area contributed by atoms with Gasteiger partial charge in [0, 0.05) is 0 Å². The number of hydrogen-bond donors (Lipinski definition) is 1. The molecular formula is C8H7NO2. The molecule has 1 aromatic rings. The molecular weight excluding hydrogens is 142 g/mol. The molecule has 0 saturated carbocycles. The minimum atomic E-state index is 0.212. The Labute approximate surface area is 64.0 Å². The maximum Gasteiger partial charge on any atom is 0.235 e. The summed E-state index contributed by atoms with van der Waals surface area (Å²) in [6, 6.07) is 6.51. The summed E-state index contributed by atoms with van der Waals surface area (Å²) in [5.41, 5.74) is 0.881. The average Bonchev–Trinajstić information content (AvgIpc) is 2.04. The fraction of sp³-hybridized carbons (Fsp3) is 0.125. The first-order valence-corrected chi connectivity index (χ1v) is 3.14. The van der Waals surface area contributed by atoms with E-state index in [1.54, 1.807) is 24.3 Å². The van der Waals surface area contributed by atoms with Crippen molar-refractivity contribution in [2.45, 2.75) is 6.54 Å². The minimum absolute atomic E-state index is 0.212. The van der Waals surface area contributed by atoms with Gasteiger partial charge in [0.15, 0.2) is 0 Å². The standard InChI is InChI=1S/C8H7NO2/c10-6-9-5-7-1-3-8(11)4-2-7/h1-4,11H,5H2. The van der Waals surface area contributed by atoms with E-state index in [0.717, 1.165) is 5.56 Å². The van der Waals surface area contributed by atoms with Gasteiger partial charge in [-0.15, -0.1) is 0 Å². The molecule has 0 aliphatic heterocycles. The van der Waals surface area contributed by atoms with Crippen LogP contribution >= 0.6 is 0 Å². The molecule has 0 aliphatic rings. The van der Waals surface area contributed by atoms with Gasteiger partial charge >= 0.3 is 0 Å². The summed E-state index contributed by atoms with van der Waals surface area (Å²) in [6.45, 7) is 0.323. The Bertz CT molecular complexity index is 273. The van der Waals surface area contributed by atoms with E-state index in [2.05, 4.69) is 4.99 Å². The molecule has 1 rings (SSSR count). The lowest BCUT2D eigenvalue weighted by atomic mass is 10.2. The van der Waals surface area contributed by atoms with Crippen LogP contribution in [-0.2, 0) is 11.3 Å². The molecule has 0 bridgehead atoms. The topological polar surface area (TPSA) is 49.7 Å². The summed E-state index contributed by atoms with van der Waals surface area (Å²) in [5, 5.41) is 8.87. The predicted molar refractivity (Wildman–Crippen MR) is 39.9 cm³/mol. The fourth-order valence-corrected chi connectivity index (χ4v) is 0.725. The number of aromatic hydroxyl groups is 1. The second kappa shape index (κ2) is 3.54. The third-order valence-electron chi connectivity index (χ3n) is 1.26. The molecule has 0 atom stereocenters. The van der Waals surface area contributed by atoms with Crippen molar-refractivity contribution in [3.8, 4) is 5.75 Å². The van der Waals surface area contributed by atoms with Gasteiger partial charge in [0.25, 0.3) is 0 Å². The number of aliphatic imine (C=N–C) groups is 1. The highest BCUT2D eigenvalue weighted by Crippen LogP contribution is 2.09. The molecule has 1 aromatic carbocycles. The lowest BCUT2D eigenvalue weighted by Gasteiger charge is -1.93. The Balaban J connectivity index is 2.73. The largest absolute Gasteiger partial charge is 0.508 e. The van der Waals surface area contributed by atoms with Crippen LogP contribution in [0.15, 0.2) is 29.3 Å². The summed E-state index contributed by atoms with van der Waals surface area (Å²) in [6.07, 6.45) is 1.44. The number of nitrogens with zero attached hydrogens (tertiary/aromatic N) is 1. The van der Waals surface area contributed by atoms with Crippen LogP contribution in [0.25, 0.3) is 0 Å². The van der Waals surface area contributed by atoms with Crippen molar-refractivity contribution in [3.63, 3.8) is 0 Å². The van der Waals surface area contributed by atoms with Crippen LogP contribution in [0.2, 0.25) is 0 Å². The Morgan fingerprint density at radius 2 is 2.00 bits per heavy atom. The highest BCUT2D eigenvalue weighted by molar-refractivity contribution is 5.34. The first kappa shape index (κ1) is 7.51. The number of phenolic OH excluding ortho intramolecular Hbond substituents is 1. The lowest BCUT2D eigenvalue weighted by Crippen LogP contribution is -1.78. The molecule has 11 heavy (non-hydrogen) atoms. The van der Waals surface area contributed by atoms with Crippen LogP contribution in [0.4, 0.5) is 0 Å². The van der Waals surface area contributed by atoms with Gasteiger partial charge in [-0.25, -0.2) is 9.79 Å². The number of phenols is 1. The Kier molecular flexibility index (Phi) is 2.42. The molecule has 0 aromatic heterocycles. The van der Waals surface area contributed by atoms with E-state index in [1.807, 2.05) is 0 Å². The first-order valence-electron chi connectivity index (χ1n) is 3.14. The molecule has 0 heterocycles. The van der Waals surface area contributed by atoms with Crippen LogP contribution in [0.3, 0.4) is 0 Å². The van der Waals surface area contributed by atoms with Gasteiger partial charge in [0.05, 0.1) is 6.54 Å². The highest BCUT2D eigenvalue weighted by Gasteiger charge is 1.89. The maximum absolute atomic E-state index is 9.70. The normalized spacial score (nSPS) is 8.73. The molecule has 56 valence electrons. The molecule has 0 radical (unpaired) electrons. The molecule has 0 fully saturated rings. The van der Waals surface area contributed by atoms with E-state index in [1.165, 1.54) is 6.08 Å². The SMILES string of the molecule is O=C=NCc1ccc(O)cc1. The quantitative estimate of drug-likeness (QED) is 0.507. The molecule has 0 unspecified atom stereocenters. The second-order valence-corrected chi connectivity index (χ2v) is 2.07. The molecule has 0 spiro atoms. The zero-order valence-corrected chi connectivity index (χ0v) is 5.82. The van der Waals surface area contributed by atoms with Crippen LogP contribution in [0, 0.1) is 0 Å². The van der Waals surface area contributed by atoms with Crippen LogP contribution in [0.5, 0.6) is 5.75 Å². The van der Waals surface area contributed by atoms with Gasteiger partial charge in [0.1, 0.15) is 5.75 Å². The van der Waals surface area contributed by atoms with E-state index >= 15 is 0 Å². The fourth-order valence-electron chi connectivity index (χ4n) is 0.725. The van der Waals surface area contributed by atoms with Gasteiger partial charge in [-0.05, 0) is 17.7 Å². The van der Waals surface area contributed by atoms with E-state index in [9.17, 15) is 4.79 Å². The zero-order valence-electron chi connectivity index (χ0n) is 5.82. The third kappa shape index (κ3) is 2.24. The van der Waals surface area contributed by atoms with Crippen LogP contribution < -0.4 is 0 Å². The summed E-state index contributed by atoms with van der Waals surface area (Å²) < 4.78 is 0. The Morgan fingerprint density at radius 1 is 1.36 bits per heavy atom. The molecule has 0 aliphatic carbocycles. The summed E-state index contributed by atoms with van der Waals surface area (Å²) >= 11 is 0. The first-order chi connectivity index (χ1) is 5.33. The van der Waals surface area contributed by atoms with E-state index in [0.29, 0.717) is 6.54 Å². The molecule has 0 saturated heterocycles. The van der Waals surface area contributed by atoms with Gasteiger partial charge in [-0.2, -0.15) is 0 Å². The van der Waals surface area contributed by atoms with Crippen molar-refractivity contribution in [3.05, 3.63) is 29.8 Å². The summed E-state index contributed by atoms with van der Waals surface area (Å²) in [7, 11) is 0. The smallest absolute Gasteiger partial charge is 0.235 e. The number of hydrogen-bond acceptors (Lipinski definition) is 3. The second-order valence-electron chi connectivity index (χ2n) is 2.07. The van der Waals surface area contributed by atoms with Crippen molar-refractivity contribution in [1.29, 1.82) is 0 Å². The van der Waals surface area contributed by atoms with E-state index in [4.69, 9.17) is 5.11 Å². The Hall–Kier alpha value is -1.60. The number of carbonyl (C=O) groups excluding carboxylic acids is 1. The van der Waals surface area contributed by atoms with Crippen molar-refractivity contribution in [2.24, 2.45) is 4.99 Å². The predicted octanol–water partition coefficient (Wildman–Crippen LogP) is 1.23. The van der Waals surface area contributed by atoms with Crippen LogP contribution in [-0.4, -0.2) is 11.2 Å². The highest BCUT2D eigenvalue weighted by atomic mass is 16.3. The molecule has 3 nitrogen and oxygen atoms in total. The Morgan fingerprint density at radius 3 is 2.55 bits per heavy atom. The number of rotatable bonds is 2. The van der Waals surface area contributed by atoms with Crippen molar-refractivity contribution in [1.82, 2.24) is 0 Å². The van der Waals surface area contributed by atoms with Crippen molar-refractivity contribution in [2.75, 3.05) is 0 Å². The number of isocyanates is 1. The number of benzene rings is 1. The van der Waals surface area contributed by atoms with Gasteiger partial charge < -0.3 is 5.11 Å². The lowest BCUT2D eigenvalue weighted by molar-refractivity contribution is 0.475. The minimum Gasteiger partial charge on any atom is -0.508 e. The van der Waals surface area contributed by atoms with Gasteiger partial charge in [0.2, 0.25) is 6.08 Å². The molecule has 3 heteroatoms. The van der Waals surface area contributed by atoms with E-state index in [-0.39, 0.29) is 5.75 Å². The summed E-state index contributed by atoms with van der Waals surface area (Å²) in [5.74, 6) is 0.212.